The summed E-state index contributed by atoms with van der Waals surface area (Å²) in [7, 11) is 3.94. The number of anilines is 1. The number of hydrogen-bond acceptors (Lipinski definition) is 5. The zero-order valence-electron chi connectivity index (χ0n) is 17.3. The molecule has 0 spiro atoms. The van der Waals surface area contributed by atoms with Crippen molar-refractivity contribution in [2.45, 2.75) is 6.92 Å². The van der Waals surface area contributed by atoms with Crippen molar-refractivity contribution in [2.75, 3.05) is 19.0 Å². The van der Waals surface area contributed by atoms with E-state index < -0.39 is 5.97 Å². The third kappa shape index (κ3) is 4.25. The first-order chi connectivity index (χ1) is 14.8. The Hall–Kier alpha value is -3.38. The minimum Gasteiger partial charge on any atom is -0.452 e. The number of fused-ring (bicyclic) bond motifs is 1. The number of ether oxygens (including phenoxy) is 2. The number of benzene rings is 3. The Kier molecular flexibility index (Phi) is 5.65. The second-order valence-corrected chi connectivity index (χ2v) is 8.30. The van der Waals surface area contributed by atoms with Crippen molar-refractivity contribution in [3.05, 3.63) is 93.1 Å². The fourth-order valence-electron chi connectivity index (χ4n) is 3.24. The van der Waals surface area contributed by atoms with E-state index in [-0.39, 0.29) is 11.5 Å². The Balaban J connectivity index is 1.57. The van der Waals surface area contributed by atoms with Crippen LogP contribution in [0.3, 0.4) is 0 Å². The number of carbonyl (C=O) groups excluding carboxylic acids is 2. The molecule has 5 nitrogen and oxygen atoms in total. The van der Waals surface area contributed by atoms with Gasteiger partial charge in [0, 0.05) is 29.8 Å². The largest absolute Gasteiger partial charge is 0.452 e. The zero-order chi connectivity index (χ0) is 22.1. The van der Waals surface area contributed by atoms with Crippen molar-refractivity contribution in [3.8, 4) is 11.5 Å². The second-order valence-electron chi connectivity index (χ2n) is 7.39. The van der Waals surface area contributed by atoms with Gasteiger partial charge in [0.05, 0.1) is 11.1 Å². The van der Waals surface area contributed by atoms with Crippen LogP contribution in [-0.2, 0) is 0 Å². The van der Waals surface area contributed by atoms with E-state index in [1.54, 1.807) is 49.4 Å². The second kappa shape index (κ2) is 8.40. The third-order valence-corrected chi connectivity index (χ3v) is 5.56. The molecular formula is C25H20BrNO4. The van der Waals surface area contributed by atoms with Crippen LogP contribution in [0.15, 0.2) is 70.9 Å². The summed E-state index contributed by atoms with van der Waals surface area (Å²) < 4.78 is 12.3. The van der Waals surface area contributed by atoms with Gasteiger partial charge >= 0.3 is 5.97 Å². The molecule has 0 N–H and O–H groups in total. The lowest BCUT2D eigenvalue weighted by molar-refractivity contribution is 0.0733. The van der Waals surface area contributed by atoms with Gasteiger partial charge in [0.2, 0.25) is 5.78 Å². The molecule has 0 saturated heterocycles. The normalized spacial score (nSPS) is 13.7. The van der Waals surface area contributed by atoms with Crippen molar-refractivity contribution < 1.29 is 19.1 Å². The van der Waals surface area contributed by atoms with E-state index in [0.717, 1.165) is 15.7 Å². The minimum absolute atomic E-state index is 0.194. The topological polar surface area (TPSA) is 55.8 Å². The van der Waals surface area contributed by atoms with E-state index in [1.807, 2.05) is 43.3 Å². The van der Waals surface area contributed by atoms with Gasteiger partial charge in [-0.05, 0) is 67.1 Å². The fraction of sp³-hybridized carbons (Fsp3) is 0.120. The molecule has 0 bridgehead atoms. The van der Waals surface area contributed by atoms with E-state index >= 15 is 0 Å². The highest BCUT2D eigenvalue weighted by Crippen LogP contribution is 2.39. The van der Waals surface area contributed by atoms with E-state index in [2.05, 4.69) is 15.9 Å². The lowest BCUT2D eigenvalue weighted by atomic mass is 10.1. The Morgan fingerprint density at radius 3 is 2.32 bits per heavy atom. The predicted octanol–water partition coefficient (Wildman–Crippen LogP) is 5.66. The fourth-order valence-corrected chi connectivity index (χ4v) is 3.51. The SMILES string of the molecule is Cc1c(OC(=O)c2ccc(Br)cc2)ccc2c1O/C(=C\c1ccc(N(C)C)cc1)C2=O. The van der Waals surface area contributed by atoms with Gasteiger partial charge in [0.1, 0.15) is 11.5 Å². The van der Waals surface area contributed by atoms with Crippen molar-refractivity contribution in [1.29, 1.82) is 0 Å². The van der Waals surface area contributed by atoms with Crippen LogP contribution < -0.4 is 14.4 Å². The molecule has 0 amide bonds. The van der Waals surface area contributed by atoms with E-state index in [4.69, 9.17) is 9.47 Å². The van der Waals surface area contributed by atoms with Crippen LogP contribution in [-0.4, -0.2) is 25.8 Å². The van der Waals surface area contributed by atoms with Gasteiger partial charge < -0.3 is 14.4 Å². The van der Waals surface area contributed by atoms with Crippen LogP contribution in [0.2, 0.25) is 0 Å². The Morgan fingerprint density at radius 2 is 1.68 bits per heavy atom. The van der Waals surface area contributed by atoms with E-state index in [9.17, 15) is 9.59 Å². The average Bonchev–Trinajstić information content (AvgIpc) is 3.07. The molecule has 3 aromatic rings. The van der Waals surface area contributed by atoms with Gasteiger partial charge in [-0.3, -0.25) is 4.79 Å². The van der Waals surface area contributed by atoms with Gasteiger partial charge in [0.15, 0.2) is 5.76 Å². The molecule has 1 aliphatic rings. The maximum absolute atomic E-state index is 12.8. The van der Waals surface area contributed by atoms with E-state index in [1.165, 1.54) is 0 Å². The van der Waals surface area contributed by atoms with Gasteiger partial charge in [-0.1, -0.05) is 28.1 Å². The minimum atomic E-state index is -0.475. The highest BCUT2D eigenvalue weighted by Gasteiger charge is 2.30. The van der Waals surface area contributed by atoms with Crippen LogP contribution in [0, 0.1) is 6.92 Å². The summed E-state index contributed by atoms with van der Waals surface area (Å²) >= 11 is 3.34. The van der Waals surface area contributed by atoms with Gasteiger partial charge in [-0.2, -0.15) is 0 Å². The average molecular weight is 478 g/mol. The molecule has 3 aromatic carbocycles. The first kappa shape index (κ1) is 20.9. The summed E-state index contributed by atoms with van der Waals surface area (Å²) in [6.45, 7) is 1.77. The number of rotatable bonds is 4. The molecule has 156 valence electrons. The van der Waals surface area contributed by atoms with Crippen LogP contribution in [0.25, 0.3) is 6.08 Å². The highest BCUT2D eigenvalue weighted by atomic mass is 79.9. The Bertz CT molecular complexity index is 1200. The molecule has 6 heteroatoms. The van der Waals surface area contributed by atoms with Crippen LogP contribution in [0.4, 0.5) is 5.69 Å². The monoisotopic (exact) mass is 477 g/mol. The quantitative estimate of drug-likeness (QED) is 0.275. The maximum Gasteiger partial charge on any atom is 0.343 e. The smallest absolute Gasteiger partial charge is 0.343 e. The summed E-state index contributed by atoms with van der Waals surface area (Å²) in [5.74, 6) is 0.350. The van der Waals surface area contributed by atoms with Gasteiger partial charge in [-0.15, -0.1) is 0 Å². The molecule has 0 fully saturated rings. The molecule has 0 atom stereocenters. The molecule has 4 rings (SSSR count). The predicted molar refractivity (Wildman–Crippen MR) is 124 cm³/mol. The lowest BCUT2D eigenvalue weighted by Gasteiger charge is -2.12. The van der Waals surface area contributed by atoms with Crippen molar-refractivity contribution in [1.82, 2.24) is 0 Å². The van der Waals surface area contributed by atoms with Crippen LogP contribution >= 0.6 is 15.9 Å². The third-order valence-electron chi connectivity index (χ3n) is 5.03. The first-order valence-electron chi connectivity index (χ1n) is 9.66. The standard InChI is InChI=1S/C25H20BrNO4/c1-15-21(31-25(29)17-6-8-18(26)9-7-17)13-12-20-23(28)22(30-24(15)20)14-16-4-10-19(11-5-16)27(2)3/h4-14H,1-3H3/b22-14-. The highest BCUT2D eigenvalue weighted by molar-refractivity contribution is 9.10. The molecule has 0 aromatic heterocycles. The Labute approximate surface area is 189 Å². The molecule has 0 unspecified atom stereocenters. The number of esters is 1. The molecule has 0 saturated carbocycles. The van der Waals surface area contributed by atoms with E-state index in [0.29, 0.717) is 28.2 Å². The first-order valence-corrected chi connectivity index (χ1v) is 10.5. The number of halogens is 1. The van der Waals surface area contributed by atoms with Crippen LogP contribution in [0.5, 0.6) is 11.5 Å². The summed E-state index contributed by atoms with van der Waals surface area (Å²) in [5, 5.41) is 0. The Morgan fingerprint density at radius 1 is 1.00 bits per heavy atom. The van der Waals surface area contributed by atoms with Gasteiger partial charge in [-0.25, -0.2) is 4.79 Å². The van der Waals surface area contributed by atoms with Gasteiger partial charge in [0.25, 0.3) is 0 Å². The summed E-state index contributed by atoms with van der Waals surface area (Å²) in [5.41, 5.74) is 3.42. The number of Topliss-reactive ketones (excluding diaryl/α,β-unsaturated/α-hetero) is 1. The van der Waals surface area contributed by atoms with Crippen molar-refractivity contribution in [3.63, 3.8) is 0 Å². The molecule has 0 aliphatic carbocycles. The molecule has 1 aliphatic heterocycles. The molecule has 31 heavy (non-hydrogen) atoms. The summed E-state index contributed by atoms with van der Waals surface area (Å²) in [4.78, 5) is 27.3. The number of hydrogen-bond donors (Lipinski definition) is 0. The summed E-state index contributed by atoms with van der Waals surface area (Å²) in [6.07, 6.45) is 1.72. The van der Waals surface area contributed by atoms with Crippen molar-refractivity contribution in [2.24, 2.45) is 0 Å². The lowest BCUT2D eigenvalue weighted by Crippen LogP contribution is -2.09. The molecular weight excluding hydrogens is 458 g/mol. The van der Waals surface area contributed by atoms with Crippen molar-refractivity contribution >= 4 is 39.4 Å². The number of ketones is 1. The summed E-state index contributed by atoms with van der Waals surface area (Å²) in [6, 6.07) is 18.0. The number of nitrogens with zero attached hydrogens (tertiary/aromatic N) is 1. The zero-order valence-corrected chi connectivity index (χ0v) is 18.9. The van der Waals surface area contributed by atoms with Crippen LogP contribution in [0.1, 0.15) is 31.8 Å². The molecule has 1 heterocycles. The maximum atomic E-state index is 12.8. The number of allylic oxidation sites excluding steroid dienone is 1. The molecule has 0 radical (unpaired) electrons. The number of carbonyl (C=O) groups is 2.